The minimum atomic E-state index is -1.52. The summed E-state index contributed by atoms with van der Waals surface area (Å²) in [5.74, 6) is -2.47. The summed E-state index contributed by atoms with van der Waals surface area (Å²) in [4.78, 5) is 10.8. The molecule has 24 heavy (non-hydrogen) atoms. The maximum Gasteiger partial charge on any atom is 0.372 e. The van der Waals surface area contributed by atoms with Gasteiger partial charge in [0.1, 0.15) is 11.6 Å². The van der Waals surface area contributed by atoms with Crippen LogP contribution < -0.4 is 0 Å². The molecule has 4 nitrogen and oxygen atoms in total. The Morgan fingerprint density at radius 1 is 0.875 bits per heavy atom. The van der Waals surface area contributed by atoms with E-state index in [0.29, 0.717) is 5.56 Å². The Hall–Kier alpha value is -3.58. The fourth-order valence-corrected chi connectivity index (χ4v) is 2.65. The molecular formula is C20H13NO3. The standard InChI is InChI=1S/C20H13NO3/c21-12-18(19(22)20(23)24)15-10-8-14(9-11-15)17-7-3-5-13-4-1-2-6-16(13)17/h1-11,22H,(H,23,24)/b19-18+. The summed E-state index contributed by atoms with van der Waals surface area (Å²) in [5.41, 5.74) is 2.10. The van der Waals surface area contributed by atoms with Crippen LogP contribution in [0.3, 0.4) is 0 Å². The van der Waals surface area contributed by atoms with Crippen LogP contribution >= 0.6 is 0 Å². The van der Waals surface area contributed by atoms with Crippen molar-refractivity contribution >= 4 is 22.3 Å². The number of nitrogens with zero attached hydrogens (tertiary/aromatic N) is 1. The molecule has 0 bridgehead atoms. The number of benzene rings is 3. The zero-order valence-corrected chi connectivity index (χ0v) is 12.6. The van der Waals surface area contributed by atoms with Crippen LogP contribution in [-0.2, 0) is 4.79 Å². The van der Waals surface area contributed by atoms with Gasteiger partial charge in [-0.2, -0.15) is 5.26 Å². The molecule has 3 aromatic carbocycles. The molecule has 3 aromatic rings. The molecular weight excluding hydrogens is 302 g/mol. The van der Waals surface area contributed by atoms with Crippen molar-refractivity contribution in [2.24, 2.45) is 0 Å². The second kappa shape index (κ2) is 6.27. The summed E-state index contributed by atoms with van der Waals surface area (Å²) in [6.07, 6.45) is 0. The van der Waals surface area contributed by atoms with Crippen LogP contribution in [0.15, 0.2) is 72.5 Å². The highest BCUT2D eigenvalue weighted by atomic mass is 16.4. The molecule has 0 aliphatic heterocycles. The van der Waals surface area contributed by atoms with Gasteiger partial charge >= 0.3 is 5.97 Å². The first-order valence-electron chi connectivity index (χ1n) is 7.27. The van der Waals surface area contributed by atoms with Gasteiger partial charge in [0.05, 0.1) is 0 Å². The number of fused-ring (bicyclic) bond motifs is 1. The second-order valence-corrected chi connectivity index (χ2v) is 5.24. The van der Waals surface area contributed by atoms with Crippen LogP contribution in [0.2, 0.25) is 0 Å². The third kappa shape index (κ3) is 2.71. The zero-order chi connectivity index (χ0) is 17.1. The summed E-state index contributed by atoms with van der Waals surface area (Å²) in [5, 5.41) is 29.7. The van der Waals surface area contributed by atoms with Crippen molar-refractivity contribution in [1.29, 1.82) is 5.26 Å². The lowest BCUT2D eigenvalue weighted by atomic mass is 9.96. The highest BCUT2D eigenvalue weighted by Crippen LogP contribution is 2.29. The normalized spacial score (nSPS) is 11.6. The Morgan fingerprint density at radius 2 is 1.54 bits per heavy atom. The smallest absolute Gasteiger partial charge is 0.372 e. The molecule has 3 rings (SSSR count). The molecule has 0 fully saturated rings. The molecule has 0 aliphatic rings. The highest BCUT2D eigenvalue weighted by Gasteiger charge is 2.14. The van der Waals surface area contributed by atoms with Crippen molar-refractivity contribution in [2.75, 3.05) is 0 Å². The number of hydrogen-bond acceptors (Lipinski definition) is 3. The average Bonchev–Trinajstić information content (AvgIpc) is 2.62. The number of carboxylic acids is 1. The molecule has 0 saturated carbocycles. The van der Waals surface area contributed by atoms with Gasteiger partial charge in [0, 0.05) is 0 Å². The Labute approximate surface area is 138 Å². The molecule has 0 amide bonds. The van der Waals surface area contributed by atoms with Crippen molar-refractivity contribution in [3.63, 3.8) is 0 Å². The lowest BCUT2D eigenvalue weighted by Crippen LogP contribution is -2.02. The number of nitriles is 1. The molecule has 116 valence electrons. The van der Waals surface area contributed by atoms with Crippen LogP contribution in [0.5, 0.6) is 0 Å². The van der Waals surface area contributed by atoms with E-state index in [-0.39, 0.29) is 5.57 Å². The van der Waals surface area contributed by atoms with Crippen molar-refractivity contribution in [3.8, 4) is 17.2 Å². The number of allylic oxidation sites excluding steroid dienone is 1. The summed E-state index contributed by atoms with van der Waals surface area (Å²) in [6.45, 7) is 0. The van der Waals surface area contributed by atoms with E-state index in [9.17, 15) is 9.90 Å². The Kier molecular flexibility index (Phi) is 4.00. The van der Waals surface area contributed by atoms with Crippen LogP contribution in [0.1, 0.15) is 5.56 Å². The SMILES string of the molecule is N#C/C(=C(\O)C(=O)O)c1ccc(-c2cccc3ccccc23)cc1. The Balaban J connectivity index is 2.09. The van der Waals surface area contributed by atoms with Gasteiger partial charge in [-0.3, -0.25) is 0 Å². The molecule has 0 saturated heterocycles. The van der Waals surface area contributed by atoms with Crippen LogP contribution in [0.25, 0.3) is 27.5 Å². The molecule has 0 heterocycles. The molecule has 0 aromatic heterocycles. The Morgan fingerprint density at radius 3 is 2.21 bits per heavy atom. The molecule has 0 aliphatic carbocycles. The number of hydrogen-bond donors (Lipinski definition) is 2. The Bertz CT molecular complexity index is 990. The van der Waals surface area contributed by atoms with Gasteiger partial charge in [-0.15, -0.1) is 0 Å². The van der Waals surface area contributed by atoms with E-state index in [2.05, 4.69) is 0 Å². The number of aliphatic carboxylic acids is 1. The molecule has 0 unspecified atom stereocenters. The number of aliphatic hydroxyl groups excluding tert-OH is 1. The largest absolute Gasteiger partial charge is 0.501 e. The minimum absolute atomic E-state index is 0.257. The van der Waals surface area contributed by atoms with Gasteiger partial charge < -0.3 is 10.2 Å². The molecule has 0 spiro atoms. The van der Waals surface area contributed by atoms with E-state index < -0.39 is 11.7 Å². The van der Waals surface area contributed by atoms with E-state index in [1.54, 1.807) is 18.2 Å². The van der Waals surface area contributed by atoms with E-state index >= 15 is 0 Å². The van der Waals surface area contributed by atoms with Crippen molar-refractivity contribution in [2.45, 2.75) is 0 Å². The zero-order valence-electron chi connectivity index (χ0n) is 12.6. The average molecular weight is 315 g/mol. The van der Waals surface area contributed by atoms with Crippen molar-refractivity contribution in [1.82, 2.24) is 0 Å². The van der Waals surface area contributed by atoms with E-state index in [1.165, 1.54) is 0 Å². The van der Waals surface area contributed by atoms with Gasteiger partial charge in [-0.05, 0) is 27.5 Å². The van der Waals surface area contributed by atoms with Gasteiger partial charge in [-0.25, -0.2) is 4.79 Å². The third-order valence-corrected chi connectivity index (χ3v) is 3.83. The quantitative estimate of drug-likeness (QED) is 0.427. The van der Waals surface area contributed by atoms with E-state index in [0.717, 1.165) is 21.9 Å². The van der Waals surface area contributed by atoms with Gasteiger partial charge in [0.2, 0.25) is 5.76 Å². The van der Waals surface area contributed by atoms with Crippen LogP contribution in [0.4, 0.5) is 0 Å². The summed E-state index contributed by atoms with van der Waals surface area (Å²) in [7, 11) is 0. The molecule has 2 N–H and O–H groups in total. The minimum Gasteiger partial charge on any atom is -0.501 e. The number of aliphatic hydroxyl groups is 1. The fraction of sp³-hybridized carbons (Fsp3) is 0. The first-order chi connectivity index (χ1) is 11.6. The highest BCUT2D eigenvalue weighted by molar-refractivity contribution is 5.99. The van der Waals surface area contributed by atoms with Gasteiger partial charge in [0.25, 0.3) is 0 Å². The number of carbonyl (C=O) groups is 1. The lowest BCUT2D eigenvalue weighted by molar-refractivity contribution is -0.135. The molecule has 0 radical (unpaired) electrons. The molecule has 4 heteroatoms. The molecule has 0 atom stereocenters. The third-order valence-electron chi connectivity index (χ3n) is 3.83. The predicted molar refractivity (Wildman–Crippen MR) is 92.2 cm³/mol. The topological polar surface area (TPSA) is 81.3 Å². The van der Waals surface area contributed by atoms with Crippen molar-refractivity contribution in [3.05, 3.63) is 78.1 Å². The van der Waals surface area contributed by atoms with E-state index in [4.69, 9.17) is 10.4 Å². The maximum absolute atomic E-state index is 10.8. The summed E-state index contributed by atoms with van der Waals surface area (Å²) in [6, 6.07) is 22.7. The summed E-state index contributed by atoms with van der Waals surface area (Å²) >= 11 is 0. The van der Waals surface area contributed by atoms with Crippen LogP contribution in [-0.4, -0.2) is 16.2 Å². The maximum atomic E-state index is 10.8. The first kappa shape index (κ1) is 15.3. The van der Waals surface area contributed by atoms with E-state index in [1.807, 2.05) is 54.6 Å². The van der Waals surface area contributed by atoms with Crippen LogP contribution in [0, 0.1) is 11.3 Å². The van der Waals surface area contributed by atoms with Crippen molar-refractivity contribution < 1.29 is 15.0 Å². The second-order valence-electron chi connectivity index (χ2n) is 5.24. The number of rotatable bonds is 3. The number of carboxylic acid groups (broad SMARTS) is 1. The fourth-order valence-electron chi connectivity index (χ4n) is 2.65. The monoisotopic (exact) mass is 315 g/mol. The summed E-state index contributed by atoms with van der Waals surface area (Å²) < 4.78 is 0. The lowest BCUT2D eigenvalue weighted by Gasteiger charge is -2.08. The first-order valence-corrected chi connectivity index (χ1v) is 7.27. The van der Waals surface area contributed by atoms with Gasteiger partial charge in [-0.1, -0.05) is 66.7 Å². The predicted octanol–water partition coefficient (Wildman–Crippen LogP) is 4.38. The van der Waals surface area contributed by atoms with Gasteiger partial charge in [0.15, 0.2) is 0 Å².